The van der Waals surface area contributed by atoms with Gasteiger partial charge in [-0.15, -0.1) is 0 Å². The van der Waals surface area contributed by atoms with E-state index in [0.29, 0.717) is 45.0 Å². The van der Waals surface area contributed by atoms with Crippen LogP contribution in [-0.2, 0) is 51.2 Å². The Balaban J connectivity index is 0.000000258. The molecule has 2 fully saturated rings. The molecule has 0 amide bonds. The number of rotatable bonds is 21. The molecule has 2 saturated carbocycles. The third-order valence-electron chi connectivity index (χ3n) is 11.9. The minimum Gasteiger partial charge on any atom is -0.459 e. The van der Waals surface area contributed by atoms with Crippen molar-refractivity contribution < 1.29 is 47.6 Å². The number of hydrogen-bond donors (Lipinski definition) is 4. The van der Waals surface area contributed by atoms with E-state index in [1.165, 1.54) is 25.0 Å². The second kappa shape index (κ2) is 28.6. The topological polar surface area (TPSA) is 228 Å². The van der Waals surface area contributed by atoms with Gasteiger partial charge in [-0.05, 0) is 148 Å². The van der Waals surface area contributed by atoms with Gasteiger partial charge in [-0.1, -0.05) is 57.4 Å². The van der Waals surface area contributed by atoms with E-state index >= 15 is 0 Å². The molecule has 0 bridgehead atoms. The molecule has 0 atom stereocenters. The van der Waals surface area contributed by atoms with Crippen molar-refractivity contribution in [3.05, 3.63) is 130 Å². The Morgan fingerprint density at radius 3 is 1.26 bits per heavy atom. The summed E-state index contributed by atoms with van der Waals surface area (Å²) in [6.45, 7) is 6.04. The Labute approximate surface area is 406 Å². The Bertz CT molecular complexity index is 2300. The zero-order valence-corrected chi connectivity index (χ0v) is 40.1. The molecule has 0 unspecified atom stereocenters. The van der Waals surface area contributed by atoms with Gasteiger partial charge in [0.1, 0.15) is 25.4 Å². The van der Waals surface area contributed by atoms with Gasteiger partial charge in [0.2, 0.25) is 0 Å². The minimum atomic E-state index is -0.500. The molecule has 0 spiro atoms. The van der Waals surface area contributed by atoms with E-state index in [2.05, 4.69) is 13.8 Å². The monoisotopic (exact) mass is 947 g/mol. The summed E-state index contributed by atoms with van der Waals surface area (Å²) < 4.78 is 33.6. The van der Waals surface area contributed by atoms with Crippen LogP contribution in [0.4, 0.5) is 22.7 Å². The highest BCUT2D eigenvalue weighted by Gasteiger charge is 2.26. The third kappa shape index (κ3) is 19.1. The van der Waals surface area contributed by atoms with E-state index in [9.17, 15) is 19.2 Å². The SMILES string of the molecule is CCCCCOC1CCC(OC(=O)c2ccc(/C=C/C(=O)OCc3cc(N)ccc3N)cc2)CC1.CCCCOC1CCC(OC(=O)c2ccc(/C=C/C(=O)OCc3cc(N)ccc3N)cc2)CC1. The molecule has 0 aromatic heterocycles. The van der Waals surface area contributed by atoms with Crippen molar-refractivity contribution in [1.29, 1.82) is 0 Å². The fourth-order valence-corrected chi connectivity index (χ4v) is 7.75. The summed E-state index contributed by atoms with van der Waals surface area (Å²) in [6, 6.07) is 23.9. The maximum Gasteiger partial charge on any atom is 0.338 e. The summed E-state index contributed by atoms with van der Waals surface area (Å²) in [4.78, 5) is 49.1. The number of anilines is 4. The van der Waals surface area contributed by atoms with Crippen LogP contribution in [-0.4, -0.2) is 61.5 Å². The first-order chi connectivity index (χ1) is 33.4. The summed E-state index contributed by atoms with van der Waals surface area (Å²) in [5.74, 6) is -1.66. The number of benzene rings is 4. The smallest absolute Gasteiger partial charge is 0.338 e. The number of nitrogens with two attached hydrogens (primary N) is 4. The van der Waals surface area contributed by atoms with Crippen molar-refractivity contribution in [2.45, 2.75) is 135 Å². The van der Waals surface area contributed by atoms with Crippen LogP contribution in [0.3, 0.4) is 0 Å². The van der Waals surface area contributed by atoms with E-state index in [1.54, 1.807) is 97.1 Å². The highest BCUT2D eigenvalue weighted by Crippen LogP contribution is 2.27. The summed E-state index contributed by atoms with van der Waals surface area (Å²) in [6.07, 6.45) is 19.1. The van der Waals surface area contributed by atoms with Crippen LogP contribution >= 0.6 is 0 Å². The zero-order chi connectivity index (χ0) is 49.4. The van der Waals surface area contributed by atoms with Gasteiger partial charge in [0.05, 0.1) is 23.3 Å². The number of carbonyl (C=O) groups is 4. The first kappa shape index (κ1) is 53.3. The number of carbonyl (C=O) groups excluding carboxylic acids is 4. The standard InChI is InChI=1S/C28H36N2O5.C27H34N2O5/c1-2-3-4-17-33-24-11-13-25(14-12-24)35-28(32)21-8-5-20(6-9-21)7-16-27(31)34-19-22-18-23(29)10-15-26(22)30;1-2-3-16-32-23-10-12-24(13-11-23)34-27(31)20-7-4-19(5-8-20)6-15-26(30)33-18-21-17-22(28)9-14-25(21)29/h5-10,15-16,18,24-25H,2-4,11-14,17,19,29-30H2,1H3;4-9,14-15,17,23-24H,2-3,10-13,16,18,28-29H2,1H3/b16-7+;15-6+. The van der Waals surface area contributed by atoms with Crippen molar-refractivity contribution in [2.24, 2.45) is 0 Å². The van der Waals surface area contributed by atoms with Crippen LogP contribution in [0.5, 0.6) is 0 Å². The lowest BCUT2D eigenvalue weighted by atomic mass is 9.95. The molecular weight excluding hydrogens is 877 g/mol. The molecule has 2 aliphatic rings. The molecule has 0 aliphatic heterocycles. The molecular formula is C55H70N4O10. The second-order valence-electron chi connectivity index (χ2n) is 17.5. The lowest BCUT2D eigenvalue weighted by Gasteiger charge is -2.28. The predicted octanol–water partition coefficient (Wildman–Crippen LogP) is 10.2. The van der Waals surface area contributed by atoms with Crippen molar-refractivity contribution in [3.63, 3.8) is 0 Å². The highest BCUT2D eigenvalue weighted by molar-refractivity contribution is 5.91. The first-order valence-corrected chi connectivity index (χ1v) is 24.2. The van der Waals surface area contributed by atoms with E-state index in [-0.39, 0.29) is 49.6 Å². The molecule has 0 heterocycles. The molecule has 14 nitrogen and oxygen atoms in total. The molecule has 0 saturated heterocycles. The Morgan fingerprint density at radius 1 is 0.493 bits per heavy atom. The number of hydrogen-bond acceptors (Lipinski definition) is 14. The molecule has 14 heteroatoms. The van der Waals surface area contributed by atoms with Crippen molar-refractivity contribution >= 4 is 58.8 Å². The van der Waals surface area contributed by atoms with Crippen LogP contribution in [0.2, 0.25) is 0 Å². The van der Waals surface area contributed by atoms with Gasteiger partial charge in [-0.2, -0.15) is 0 Å². The predicted molar refractivity (Wildman–Crippen MR) is 270 cm³/mol. The lowest BCUT2D eigenvalue weighted by Crippen LogP contribution is -2.28. The van der Waals surface area contributed by atoms with Gasteiger partial charge >= 0.3 is 23.9 Å². The first-order valence-electron chi connectivity index (χ1n) is 24.2. The Kier molecular flexibility index (Phi) is 22.1. The number of nitrogen functional groups attached to an aromatic ring is 4. The van der Waals surface area contributed by atoms with Gasteiger partial charge < -0.3 is 51.4 Å². The van der Waals surface area contributed by atoms with E-state index in [0.717, 1.165) is 95.0 Å². The molecule has 370 valence electrons. The van der Waals surface area contributed by atoms with Crippen LogP contribution in [0.1, 0.15) is 140 Å². The maximum absolute atomic E-state index is 12.5. The van der Waals surface area contributed by atoms with Gasteiger partial charge in [0.15, 0.2) is 0 Å². The molecule has 4 aromatic rings. The summed E-state index contributed by atoms with van der Waals surface area (Å²) in [5, 5.41) is 0. The normalized spacial score (nSPS) is 17.9. The van der Waals surface area contributed by atoms with Gasteiger partial charge in [-0.3, -0.25) is 0 Å². The number of ether oxygens (including phenoxy) is 6. The second-order valence-corrected chi connectivity index (χ2v) is 17.5. The quantitative estimate of drug-likeness (QED) is 0.0200. The molecule has 4 aromatic carbocycles. The largest absolute Gasteiger partial charge is 0.459 e. The van der Waals surface area contributed by atoms with E-state index in [4.69, 9.17) is 51.4 Å². The summed E-state index contributed by atoms with van der Waals surface area (Å²) in [5.41, 5.74) is 29.1. The average molecular weight is 947 g/mol. The van der Waals surface area contributed by atoms with E-state index in [1.807, 2.05) is 0 Å². The van der Waals surface area contributed by atoms with Crippen LogP contribution < -0.4 is 22.9 Å². The van der Waals surface area contributed by atoms with Gasteiger partial charge in [0.25, 0.3) is 0 Å². The van der Waals surface area contributed by atoms with Gasteiger partial charge in [0, 0.05) is 59.2 Å². The van der Waals surface area contributed by atoms with Crippen molar-refractivity contribution in [2.75, 3.05) is 36.1 Å². The average Bonchev–Trinajstić information content (AvgIpc) is 3.36. The van der Waals surface area contributed by atoms with Crippen molar-refractivity contribution in [1.82, 2.24) is 0 Å². The van der Waals surface area contributed by atoms with Crippen LogP contribution in [0.15, 0.2) is 97.1 Å². The van der Waals surface area contributed by atoms with Crippen LogP contribution in [0, 0.1) is 0 Å². The van der Waals surface area contributed by atoms with Crippen molar-refractivity contribution in [3.8, 4) is 0 Å². The summed E-state index contributed by atoms with van der Waals surface area (Å²) in [7, 11) is 0. The Hall–Kier alpha value is -6.64. The van der Waals surface area contributed by atoms with E-state index < -0.39 is 11.9 Å². The van der Waals surface area contributed by atoms with Gasteiger partial charge in [-0.25, -0.2) is 19.2 Å². The third-order valence-corrected chi connectivity index (χ3v) is 11.9. The Morgan fingerprint density at radius 2 is 0.870 bits per heavy atom. The fraction of sp³-hybridized carbons (Fsp3) is 0.418. The molecule has 6 rings (SSSR count). The highest BCUT2D eigenvalue weighted by atomic mass is 16.6. The lowest BCUT2D eigenvalue weighted by molar-refractivity contribution is -0.139. The molecule has 0 radical (unpaired) electrons. The van der Waals surface area contributed by atoms with Crippen LogP contribution in [0.25, 0.3) is 12.2 Å². The maximum atomic E-state index is 12.5. The molecule has 8 N–H and O–H groups in total. The molecule has 69 heavy (non-hydrogen) atoms. The number of esters is 4. The minimum absolute atomic E-state index is 0.0393. The number of unbranched alkanes of at least 4 members (excludes halogenated alkanes) is 3. The summed E-state index contributed by atoms with van der Waals surface area (Å²) >= 11 is 0. The molecule has 2 aliphatic carbocycles. The fourth-order valence-electron chi connectivity index (χ4n) is 7.75. The zero-order valence-electron chi connectivity index (χ0n) is 40.1.